The Morgan fingerprint density at radius 3 is 2.39 bits per heavy atom. The summed E-state index contributed by atoms with van der Waals surface area (Å²) in [5.41, 5.74) is 5.13. The second kappa shape index (κ2) is 5.57. The number of hydrogen-bond donors (Lipinski definition) is 2. The summed E-state index contributed by atoms with van der Waals surface area (Å²) >= 11 is 0. The molecule has 4 nitrogen and oxygen atoms in total. The number of nitrogens with one attached hydrogen (secondary N) is 1. The molecule has 2 aliphatic carbocycles. The Morgan fingerprint density at radius 2 is 1.83 bits per heavy atom. The van der Waals surface area contributed by atoms with Crippen LogP contribution in [0.1, 0.15) is 51.4 Å². The molecule has 4 heteroatoms. The molecule has 2 fully saturated rings. The monoisotopic (exact) mass is 253 g/mol. The molecule has 0 spiro atoms. The lowest BCUT2D eigenvalue weighted by Gasteiger charge is -2.43. The first-order valence-electron chi connectivity index (χ1n) is 7.30. The number of likely N-dealkylation sites (N-methyl/N-ethyl adjacent to an activating group) is 1. The van der Waals surface area contributed by atoms with E-state index in [9.17, 15) is 4.79 Å². The lowest BCUT2D eigenvalue weighted by Crippen LogP contribution is -2.59. The molecular formula is C14H27N3O. The zero-order valence-corrected chi connectivity index (χ0v) is 11.7. The van der Waals surface area contributed by atoms with Crippen LogP contribution in [0.4, 0.5) is 0 Å². The van der Waals surface area contributed by atoms with Crippen molar-refractivity contribution in [2.75, 3.05) is 14.1 Å². The van der Waals surface area contributed by atoms with E-state index in [0.717, 1.165) is 25.3 Å². The average molecular weight is 253 g/mol. The van der Waals surface area contributed by atoms with Gasteiger partial charge in [-0.25, -0.2) is 0 Å². The fraction of sp³-hybridized carbons (Fsp3) is 0.929. The molecule has 0 saturated heterocycles. The number of carbonyl (C=O) groups is 1. The van der Waals surface area contributed by atoms with Crippen molar-refractivity contribution in [3.05, 3.63) is 0 Å². The van der Waals surface area contributed by atoms with E-state index < -0.39 is 5.54 Å². The first-order valence-corrected chi connectivity index (χ1v) is 7.30. The maximum absolute atomic E-state index is 11.7. The number of nitrogens with zero attached hydrogens (tertiary/aromatic N) is 1. The average Bonchev–Trinajstić information content (AvgIpc) is 2.91. The van der Waals surface area contributed by atoms with Crippen LogP contribution in [0.15, 0.2) is 0 Å². The summed E-state index contributed by atoms with van der Waals surface area (Å²) in [6, 6.07) is 1.22. The third kappa shape index (κ3) is 2.54. The fourth-order valence-electron chi connectivity index (χ4n) is 3.78. The molecule has 0 radical (unpaired) electrons. The van der Waals surface area contributed by atoms with Crippen molar-refractivity contribution in [3.8, 4) is 0 Å². The van der Waals surface area contributed by atoms with Gasteiger partial charge in [-0.1, -0.05) is 12.8 Å². The summed E-state index contributed by atoms with van der Waals surface area (Å²) in [7, 11) is 4.09. The van der Waals surface area contributed by atoms with Crippen molar-refractivity contribution in [1.29, 1.82) is 0 Å². The van der Waals surface area contributed by atoms with Gasteiger partial charge in [-0.05, 0) is 52.6 Å². The van der Waals surface area contributed by atoms with E-state index in [0.29, 0.717) is 6.04 Å². The topological polar surface area (TPSA) is 58.4 Å². The summed E-state index contributed by atoms with van der Waals surface area (Å²) in [5.74, 6) is -0.186. The van der Waals surface area contributed by atoms with Crippen molar-refractivity contribution in [2.45, 2.75) is 69.0 Å². The second-order valence-corrected chi connectivity index (χ2v) is 6.05. The van der Waals surface area contributed by atoms with Gasteiger partial charge in [0, 0.05) is 12.1 Å². The summed E-state index contributed by atoms with van der Waals surface area (Å²) in [4.78, 5) is 14.3. The maximum Gasteiger partial charge on any atom is 0.237 e. The molecule has 0 heterocycles. The molecule has 2 saturated carbocycles. The minimum Gasteiger partial charge on any atom is -0.368 e. The number of primary amides is 1. The highest BCUT2D eigenvalue weighted by Gasteiger charge is 2.42. The van der Waals surface area contributed by atoms with Gasteiger partial charge >= 0.3 is 0 Å². The number of carbonyl (C=O) groups excluding carboxylic acids is 1. The SMILES string of the molecule is CNC1(C(N)=O)CCCC(N(C)C2CCCC2)C1. The fourth-order valence-corrected chi connectivity index (χ4v) is 3.78. The van der Waals surface area contributed by atoms with Gasteiger partial charge in [-0.15, -0.1) is 0 Å². The molecule has 3 N–H and O–H groups in total. The smallest absolute Gasteiger partial charge is 0.237 e. The molecule has 0 aromatic carbocycles. The molecule has 0 aromatic rings. The Hall–Kier alpha value is -0.610. The Morgan fingerprint density at radius 1 is 1.22 bits per heavy atom. The molecule has 2 rings (SSSR count). The Labute approximate surface area is 110 Å². The van der Waals surface area contributed by atoms with Gasteiger partial charge < -0.3 is 16.0 Å². The predicted octanol–water partition coefficient (Wildman–Crippen LogP) is 1.25. The minimum atomic E-state index is -0.476. The highest BCUT2D eigenvalue weighted by atomic mass is 16.1. The largest absolute Gasteiger partial charge is 0.368 e. The number of amides is 1. The summed E-state index contributed by atoms with van der Waals surface area (Å²) in [6.45, 7) is 0. The lowest BCUT2D eigenvalue weighted by molar-refractivity contribution is -0.126. The number of hydrogen-bond acceptors (Lipinski definition) is 3. The van der Waals surface area contributed by atoms with E-state index in [2.05, 4.69) is 17.3 Å². The van der Waals surface area contributed by atoms with Crippen LogP contribution >= 0.6 is 0 Å². The molecule has 2 unspecified atom stereocenters. The van der Waals surface area contributed by atoms with Crippen LogP contribution in [-0.4, -0.2) is 42.5 Å². The van der Waals surface area contributed by atoms with Crippen molar-refractivity contribution in [2.24, 2.45) is 5.73 Å². The molecule has 2 atom stereocenters. The first-order chi connectivity index (χ1) is 8.59. The van der Waals surface area contributed by atoms with Crippen molar-refractivity contribution in [3.63, 3.8) is 0 Å². The van der Waals surface area contributed by atoms with Gasteiger partial charge in [0.05, 0.1) is 5.54 Å². The molecule has 0 aromatic heterocycles. The van der Waals surface area contributed by atoms with Gasteiger partial charge in [0.15, 0.2) is 0 Å². The van der Waals surface area contributed by atoms with Gasteiger partial charge in [0.25, 0.3) is 0 Å². The molecule has 104 valence electrons. The standard InChI is InChI=1S/C14H27N3O/c1-16-14(13(15)18)9-5-8-12(10-14)17(2)11-6-3-4-7-11/h11-12,16H,3-10H2,1-2H3,(H2,15,18). The van der Waals surface area contributed by atoms with Crippen LogP contribution in [0, 0.1) is 0 Å². The summed E-state index contributed by atoms with van der Waals surface area (Å²) in [6.07, 6.45) is 9.38. The normalized spacial score (nSPS) is 34.1. The number of nitrogens with two attached hydrogens (primary N) is 1. The quantitative estimate of drug-likeness (QED) is 0.792. The molecule has 0 bridgehead atoms. The van der Waals surface area contributed by atoms with Crippen molar-refractivity contribution >= 4 is 5.91 Å². The van der Waals surface area contributed by atoms with E-state index in [1.807, 2.05) is 7.05 Å². The predicted molar refractivity (Wildman–Crippen MR) is 73.3 cm³/mol. The van der Waals surface area contributed by atoms with Crippen LogP contribution in [0.2, 0.25) is 0 Å². The first kappa shape index (κ1) is 13.8. The van der Waals surface area contributed by atoms with Gasteiger partial charge in [-0.3, -0.25) is 4.79 Å². The Balaban J connectivity index is 2.03. The van der Waals surface area contributed by atoms with E-state index >= 15 is 0 Å². The molecule has 2 aliphatic rings. The van der Waals surface area contributed by atoms with E-state index in [4.69, 9.17) is 5.73 Å². The van der Waals surface area contributed by atoms with Crippen LogP contribution in [0.3, 0.4) is 0 Å². The molecular weight excluding hydrogens is 226 g/mol. The summed E-state index contributed by atoms with van der Waals surface area (Å²) < 4.78 is 0. The maximum atomic E-state index is 11.7. The van der Waals surface area contributed by atoms with E-state index in [-0.39, 0.29) is 5.91 Å². The third-order valence-electron chi connectivity index (χ3n) is 5.15. The van der Waals surface area contributed by atoms with Crippen LogP contribution in [0.25, 0.3) is 0 Å². The molecule has 18 heavy (non-hydrogen) atoms. The second-order valence-electron chi connectivity index (χ2n) is 6.05. The lowest BCUT2D eigenvalue weighted by atomic mass is 9.77. The minimum absolute atomic E-state index is 0.186. The zero-order chi connectivity index (χ0) is 13.2. The number of rotatable bonds is 4. The van der Waals surface area contributed by atoms with Crippen LogP contribution < -0.4 is 11.1 Å². The Bertz CT molecular complexity index is 301. The third-order valence-corrected chi connectivity index (χ3v) is 5.15. The van der Waals surface area contributed by atoms with Gasteiger partial charge in [0.1, 0.15) is 0 Å². The molecule has 1 amide bonds. The van der Waals surface area contributed by atoms with E-state index in [1.54, 1.807) is 0 Å². The zero-order valence-electron chi connectivity index (χ0n) is 11.7. The van der Waals surface area contributed by atoms with Crippen molar-refractivity contribution in [1.82, 2.24) is 10.2 Å². The van der Waals surface area contributed by atoms with Gasteiger partial charge in [0.2, 0.25) is 5.91 Å². The highest BCUT2D eigenvalue weighted by Crippen LogP contribution is 2.34. The molecule has 0 aliphatic heterocycles. The van der Waals surface area contributed by atoms with Crippen LogP contribution in [-0.2, 0) is 4.79 Å². The Kier molecular flexibility index (Phi) is 4.28. The summed E-state index contributed by atoms with van der Waals surface area (Å²) in [5, 5.41) is 3.19. The highest BCUT2D eigenvalue weighted by molar-refractivity contribution is 5.84. The van der Waals surface area contributed by atoms with E-state index in [1.165, 1.54) is 32.1 Å². The van der Waals surface area contributed by atoms with Crippen molar-refractivity contribution < 1.29 is 4.79 Å². The van der Waals surface area contributed by atoms with Gasteiger partial charge in [-0.2, -0.15) is 0 Å². The van der Waals surface area contributed by atoms with Crippen LogP contribution in [0.5, 0.6) is 0 Å².